The quantitative estimate of drug-likeness (QED) is 0.865. The average Bonchev–Trinajstić information content (AvgIpc) is 2.46. The SMILES string of the molecule is CCC(C)(CBr)NC(=O)c1ccc2c(c1)OCCO2. The molecular formula is C14H18BrNO3. The van der Waals surface area contributed by atoms with E-state index in [1.165, 1.54) is 0 Å². The van der Waals surface area contributed by atoms with E-state index in [-0.39, 0.29) is 11.4 Å². The van der Waals surface area contributed by atoms with E-state index >= 15 is 0 Å². The minimum atomic E-state index is -0.246. The molecule has 1 atom stereocenters. The molecule has 1 heterocycles. The molecule has 1 aromatic carbocycles. The molecule has 1 aromatic rings. The summed E-state index contributed by atoms with van der Waals surface area (Å²) in [5, 5.41) is 3.75. The van der Waals surface area contributed by atoms with Crippen molar-refractivity contribution in [2.24, 2.45) is 0 Å². The van der Waals surface area contributed by atoms with Crippen LogP contribution in [-0.4, -0.2) is 30.0 Å². The van der Waals surface area contributed by atoms with Crippen LogP contribution in [0, 0.1) is 0 Å². The van der Waals surface area contributed by atoms with E-state index in [9.17, 15) is 4.79 Å². The van der Waals surface area contributed by atoms with Crippen LogP contribution in [0.2, 0.25) is 0 Å². The summed E-state index contributed by atoms with van der Waals surface area (Å²) < 4.78 is 10.9. The normalized spacial score (nSPS) is 16.6. The Morgan fingerprint density at radius 1 is 1.37 bits per heavy atom. The van der Waals surface area contributed by atoms with Crippen molar-refractivity contribution in [3.63, 3.8) is 0 Å². The fourth-order valence-corrected chi connectivity index (χ4v) is 2.28. The molecule has 0 spiro atoms. The van der Waals surface area contributed by atoms with Gasteiger partial charge in [0.05, 0.1) is 0 Å². The predicted octanol–water partition coefficient (Wildman–Crippen LogP) is 2.75. The topological polar surface area (TPSA) is 47.6 Å². The van der Waals surface area contributed by atoms with Crippen LogP contribution < -0.4 is 14.8 Å². The van der Waals surface area contributed by atoms with Crippen LogP contribution in [0.15, 0.2) is 18.2 Å². The maximum atomic E-state index is 12.2. The summed E-state index contributed by atoms with van der Waals surface area (Å²) in [6, 6.07) is 5.27. The fourth-order valence-electron chi connectivity index (χ4n) is 1.75. The summed E-state index contributed by atoms with van der Waals surface area (Å²) in [7, 11) is 0. The predicted molar refractivity (Wildman–Crippen MR) is 77.4 cm³/mol. The first-order valence-electron chi connectivity index (χ1n) is 6.36. The van der Waals surface area contributed by atoms with Crippen LogP contribution >= 0.6 is 15.9 Å². The van der Waals surface area contributed by atoms with Gasteiger partial charge in [-0.2, -0.15) is 0 Å². The van der Waals surface area contributed by atoms with E-state index in [1.54, 1.807) is 18.2 Å². The maximum Gasteiger partial charge on any atom is 0.251 e. The molecule has 2 rings (SSSR count). The lowest BCUT2D eigenvalue weighted by Crippen LogP contribution is -2.46. The van der Waals surface area contributed by atoms with Gasteiger partial charge >= 0.3 is 0 Å². The molecule has 0 aromatic heterocycles. The molecule has 0 saturated carbocycles. The third-order valence-corrected chi connectivity index (χ3v) is 4.53. The molecule has 0 fully saturated rings. The van der Waals surface area contributed by atoms with Gasteiger partial charge in [0.25, 0.3) is 5.91 Å². The van der Waals surface area contributed by atoms with Gasteiger partial charge in [0.1, 0.15) is 13.2 Å². The number of amides is 1. The van der Waals surface area contributed by atoms with Crippen LogP contribution in [0.1, 0.15) is 30.6 Å². The first-order valence-corrected chi connectivity index (χ1v) is 7.48. The minimum absolute atomic E-state index is 0.0965. The molecule has 1 aliphatic heterocycles. The van der Waals surface area contributed by atoms with Crippen LogP contribution in [0.3, 0.4) is 0 Å². The number of halogens is 1. The molecule has 1 N–H and O–H groups in total. The molecule has 19 heavy (non-hydrogen) atoms. The zero-order chi connectivity index (χ0) is 13.9. The Balaban J connectivity index is 2.15. The molecule has 1 aliphatic rings. The lowest BCUT2D eigenvalue weighted by molar-refractivity contribution is 0.0912. The Morgan fingerprint density at radius 2 is 2.05 bits per heavy atom. The maximum absolute atomic E-state index is 12.2. The number of hydrogen-bond acceptors (Lipinski definition) is 3. The van der Waals surface area contributed by atoms with Gasteiger partial charge in [0.15, 0.2) is 11.5 Å². The van der Waals surface area contributed by atoms with Crippen molar-refractivity contribution in [3.8, 4) is 11.5 Å². The van der Waals surface area contributed by atoms with Crippen molar-refractivity contribution in [1.82, 2.24) is 5.32 Å². The summed E-state index contributed by atoms with van der Waals surface area (Å²) in [5.74, 6) is 1.23. The first kappa shape index (κ1) is 14.2. The largest absolute Gasteiger partial charge is 0.486 e. The average molecular weight is 328 g/mol. The number of carbonyl (C=O) groups excluding carboxylic acids is 1. The number of ether oxygens (including phenoxy) is 2. The van der Waals surface area contributed by atoms with E-state index in [2.05, 4.69) is 21.2 Å². The highest BCUT2D eigenvalue weighted by Gasteiger charge is 2.24. The monoisotopic (exact) mass is 327 g/mol. The van der Waals surface area contributed by atoms with Gasteiger partial charge in [-0.1, -0.05) is 22.9 Å². The zero-order valence-corrected chi connectivity index (χ0v) is 12.7. The van der Waals surface area contributed by atoms with E-state index < -0.39 is 0 Å². The number of rotatable bonds is 4. The van der Waals surface area contributed by atoms with Crippen molar-refractivity contribution in [2.75, 3.05) is 18.5 Å². The van der Waals surface area contributed by atoms with Crippen molar-refractivity contribution in [1.29, 1.82) is 0 Å². The van der Waals surface area contributed by atoms with Crippen LogP contribution in [-0.2, 0) is 0 Å². The number of hydrogen-bond donors (Lipinski definition) is 1. The highest BCUT2D eigenvalue weighted by atomic mass is 79.9. The fraction of sp³-hybridized carbons (Fsp3) is 0.500. The third kappa shape index (κ3) is 3.21. The summed E-state index contributed by atoms with van der Waals surface area (Å²) in [6.07, 6.45) is 0.856. The van der Waals surface area contributed by atoms with Gasteiger partial charge in [-0.25, -0.2) is 0 Å². The number of carbonyl (C=O) groups is 1. The van der Waals surface area contributed by atoms with Gasteiger partial charge in [0, 0.05) is 16.4 Å². The minimum Gasteiger partial charge on any atom is -0.486 e. The third-order valence-electron chi connectivity index (χ3n) is 3.29. The first-order chi connectivity index (χ1) is 9.08. The molecule has 0 bridgehead atoms. The second-order valence-electron chi connectivity index (χ2n) is 4.86. The van der Waals surface area contributed by atoms with Crippen LogP contribution in [0.5, 0.6) is 11.5 Å². The molecule has 104 valence electrons. The van der Waals surface area contributed by atoms with E-state index in [4.69, 9.17) is 9.47 Å². The smallest absolute Gasteiger partial charge is 0.251 e. The zero-order valence-electron chi connectivity index (χ0n) is 11.2. The Morgan fingerprint density at radius 3 is 2.68 bits per heavy atom. The second kappa shape index (κ2) is 5.82. The lowest BCUT2D eigenvalue weighted by Gasteiger charge is -2.27. The summed E-state index contributed by atoms with van der Waals surface area (Å²) in [6.45, 7) is 5.13. The van der Waals surface area contributed by atoms with Crippen molar-refractivity contribution < 1.29 is 14.3 Å². The van der Waals surface area contributed by atoms with Crippen LogP contribution in [0.25, 0.3) is 0 Å². The molecule has 0 aliphatic carbocycles. The highest BCUT2D eigenvalue weighted by Crippen LogP contribution is 2.30. The summed E-state index contributed by atoms with van der Waals surface area (Å²) in [4.78, 5) is 12.2. The van der Waals surface area contributed by atoms with E-state index in [0.717, 1.165) is 6.42 Å². The second-order valence-corrected chi connectivity index (χ2v) is 5.42. The molecule has 0 radical (unpaired) electrons. The Labute approximate surface area is 121 Å². The Bertz CT molecular complexity index is 472. The van der Waals surface area contributed by atoms with Crippen LogP contribution in [0.4, 0.5) is 0 Å². The van der Waals surface area contributed by atoms with Crippen molar-refractivity contribution in [2.45, 2.75) is 25.8 Å². The molecule has 0 saturated heterocycles. The van der Waals surface area contributed by atoms with Gasteiger partial charge in [0.2, 0.25) is 0 Å². The molecule has 4 nitrogen and oxygen atoms in total. The Hall–Kier alpha value is -1.23. The van der Waals surface area contributed by atoms with Gasteiger partial charge in [-0.15, -0.1) is 0 Å². The summed E-state index contributed by atoms with van der Waals surface area (Å²) >= 11 is 3.43. The van der Waals surface area contributed by atoms with Gasteiger partial charge < -0.3 is 14.8 Å². The van der Waals surface area contributed by atoms with Crippen molar-refractivity contribution in [3.05, 3.63) is 23.8 Å². The molecule has 1 amide bonds. The molecule has 5 heteroatoms. The van der Waals surface area contributed by atoms with Gasteiger partial charge in [-0.3, -0.25) is 4.79 Å². The highest BCUT2D eigenvalue weighted by molar-refractivity contribution is 9.09. The number of alkyl halides is 1. The number of nitrogens with one attached hydrogen (secondary N) is 1. The number of benzene rings is 1. The molecular weight excluding hydrogens is 310 g/mol. The number of fused-ring (bicyclic) bond motifs is 1. The van der Waals surface area contributed by atoms with E-state index in [0.29, 0.717) is 35.6 Å². The standard InChI is InChI=1S/C14H18BrNO3/c1-3-14(2,9-15)16-13(17)10-4-5-11-12(8-10)19-7-6-18-11/h4-5,8H,3,6-7,9H2,1-2H3,(H,16,17). The van der Waals surface area contributed by atoms with Gasteiger partial charge in [-0.05, 0) is 31.5 Å². The van der Waals surface area contributed by atoms with Crippen molar-refractivity contribution >= 4 is 21.8 Å². The summed E-state index contributed by atoms with van der Waals surface area (Å²) in [5.41, 5.74) is 0.342. The van der Waals surface area contributed by atoms with E-state index in [1.807, 2.05) is 13.8 Å². The molecule has 1 unspecified atom stereocenters. The Kier molecular flexibility index (Phi) is 4.34. The lowest BCUT2D eigenvalue weighted by atomic mass is 10.0.